The van der Waals surface area contributed by atoms with Crippen LogP contribution in [0.5, 0.6) is 0 Å². The highest BCUT2D eigenvalue weighted by atomic mass is 16.6. The van der Waals surface area contributed by atoms with Crippen LogP contribution >= 0.6 is 0 Å². The summed E-state index contributed by atoms with van der Waals surface area (Å²) in [5.74, 6) is -0.0960. The van der Waals surface area contributed by atoms with Crippen LogP contribution in [-0.4, -0.2) is 39.8 Å². The van der Waals surface area contributed by atoms with Gasteiger partial charge in [0.05, 0.1) is 18.3 Å². The standard InChI is InChI=1S/C43H37N5O4/c49-41(47-38(23-30-24-44-37-22-12-11-17-31(30)37)40-45-25-39(46-40)29-15-5-2-6-16-29)42(51-26-28-13-3-1-4-14-28)48-43(50)52-27-36-34-20-9-7-18-32(34)33-19-8-10-21-35(33)36/h1-22,24-25,36,38,42,44H,23,26-27H2,(H,45,46)(H,47,49)(H,48,50)/t38-,42?/m1/s1. The van der Waals surface area contributed by atoms with E-state index in [1.807, 2.05) is 122 Å². The maximum absolute atomic E-state index is 14.2. The summed E-state index contributed by atoms with van der Waals surface area (Å²) in [6, 6.07) is 43.1. The molecule has 0 bridgehead atoms. The van der Waals surface area contributed by atoms with Gasteiger partial charge in [0.2, 0.25) is 6.23 Å². The number of H-pyrrole nitrogens is 2. The minimum absolute atomic E-state index is 0.0919. The lowest BCUT2D eigenvalue weighted by Gasteiger charge is -2.23. The molecule has 1 aliphatic rings. The Morgan fingerprint density at radius 1 is 0.712 bits per heavy atom. The van der Waals surface area contributed by atoms with Gasteiger partial charge in [-0.05, 0) is 39.4 Å². The van der Waals surface area contributed by atoms with Crippen LogP contribution in [0.4, 0.5) is 4.79 Å². The molecule has 0 saturated carbocycles. The lowest BCUT2D eigenvalue weighted by molar-refractivity contribution is -0.136. The van der Waals surface area contributed by atoms with Gasteiger partial charge in [-0.3, -0.25) is 10.1 Å². The Kier molecular flexibility index (Phi) is 9.32. The molecule has 9 heteroatoms. The predicted octanol–water partition coefficient (Wildman–Crippen LogP) is 8.04. The van der Waals surface area contributed by atoms with Gasteiger partial charge in [0.15, 0.2) is 0 Å². The van der Waals surface area contributed by atoms with E-state index in [4.69, 9.17) is 14.5 Å². The summed E-state index contributed by atoms with van der Waals surface area (Å²) in [5, 5.41) is 6.87. The molecular formula is C43H37N5O4. The molecule has 7 aromatic rings. The van der Waals surface area contributed by atoms with Crippen molar-refractivity contribution in [2.75, 3.05) is 6.61 Å². The van der Waals surface area contributed by atoms with Crippen molar-refractivity contribution in [3.8, 4) is 22.4 Å². The van der Waals surface area contributed by atoms with E-state index in [1.54, 1.807) is 0 Å². The van der Waals surface area contributed by atoms with E-state index in [-0.39, 0.29) is 19.1 Å². The molecule has 5 aromatic carbocycles. The fraction of sp³-hybridized carbons (Fsp3) is 0.140. The zero-order valence-corrected chi connectivity index (χ0v) is 28.3. The molecule has 4 N–H and O–H groups in total. The van der Waals surface area contributed by atoms with Crippen molar-refractivity contribution in [3.63, 3.8) is 0 Å². The Morgan fingerprint density at radius 3 is 2.12 bits per heavy atom. The van der Waals surface area contributed by atoms with Crippen molar-refractivity contribution in [2.45, 2.75) is 31.2 Å². The van der Waals surface area contributed by atoms with Crippen LogP contribution < -0.4 is 10.6 Å². The van der Waals surface area contributed by atoms with E-state index in [1.165, 1.54) is 0 Å². The molecule has 0 radical (unpaired) electrons. The van der Waals surface area contributed by atoms with Gasteiger partial charge in [0.1, 0.15) is 12.4 Å². The van der Waals surface area contributed by atoms with Crippen molar-refractivity contribution < 1.29 is 19.1 Å². The summed E-state index contributed by atoms with van der Waals surface area (Å²) < 4.78 is 11.9. The van der Waals surface area contributed by atoms with Crippen LogP contribution in [-0.2, 0) is 27.3 Å². The molecule has 2 aromatic heterocycles. The maximum atomic E-state index is 14.2. The number of imidazole rings is 1. The largest absolute Gasteiger partial charge is 0.448 e. The van der Waals surface area contributed by atoms with Crippen LogP contribution in [0.1, 0.15) is 40.0 Å². The minimum atomic E-state index is -1.36. The molecule has 0 aliphatic heterocycles. The Balaban J connectivity index is 1.03. The molecular weight excluding hydrogens is 651 g/mol. The average molecular weight is 688 g/mol. The number of ether oxygens (including phenoxy) is 2. The number of nitrogens with one attached hydrogen (secondary N) is 4. The highest BCUT2D eigenvalue weighted by Crippen LogP contribution is 2.44. The Labute approximate surface area is 301 Å². The van der Waals surface area contributed by atoms with Crippen LogP contribution in [0.25, 0.3) is 33.3 Å². The van der Waals surface area contributed by atoms with E-state index in [9.17, 15) is 9.59 Å². The number of benzene rings is 5. The van der Waals surface area contributed by atoms with Gasteiger partial charge in [-0.1, -0.05) is 127 Å². The van der Waals surface area contributed by atoms with E-state index in [0.717, 1.165) is 55.5 Å². The summed E-state index contributed by atoms with van der Waals surface area (Å²) in [6.45, 7) is 0.194. The quantitative estimate of drug-likeness (QED) is 0.0970. The number of para-hydroxylation sites is 1. The average Bonchev–Trinajstić information content (AvgIpc) is 3.93. The molecule has 2 heterocycles. The van der Waals surface area contributed by atoms with Gasteiger partial charge < -0.3 is 24.8 Å². The van der Waals surface area contributed by atoms with E-state index in [2.05, 4.69) is 44.9 Å². The van der Waals surface area contributed by atoms with Crippen LogP contribution in [0.3, 0.4) is 0 Å². The molecule has 2 atom stereocenters. The third-order valence-electron chi connectivity index (χ3n) is 9.50. The molecule has 52 heavy (non-hydrogen) atoms. The van der Waals surface area contributed by atoms with Crippen molar-refractivity contribution in [3.05, 3.63) is 174 Å². The van der Waals surface area contributed by atoms with E-state index < -0.39 is 24.3 Å². The van der Waals surface area contributed by atoms with Gasteiger partial charge in [-0.15, -0.1) is 0 Å². The first-order valence-corrected chi connectivity index (χ1v) is 17.3. The van der Waals surface area contributed by atoms with Crippen molar-refractivity contribution >= 4 is 22.9 Å². The van der Waals surface area contributed by atoms with E-state index >= 15 is 0 Å². The fourth-order valence-electron chi connectivity index (χ4n) is 6.94. The number of carbonyl (C=O) groups is 2. The minimum Gasteiger partial charge on any atom is -0.448 e. The Morgan fingerprint density at radius 2 is 1.37 bits per heavy atom. The van der Waals surface area contributed by atoms with Crippen molar-refractivity contribution in [2.24, 2.45) is 0 Å². The molecule has 0 spiro atoms. The lowest BCUT2D eigenvalue weighted by Crippen LogP contribution is -2.49. The van der Waals surface area contributed by atoms with Gasteiger partial charge in [0, 0.05) is 41.2 Å². The number of aromatic amines is 2. The number of aromatic nitrogens is 3. The zero-order chi connectivity index (χ0) is 35.3. The first-order valence-electron chi connectivity index (χ1n) is 17.3. The summed E-state index contributed by atoms with van der Waals surface area (Å²) in [5.41, 5.74) is 9.00. The molecule has 0 fully saturated rings. The number of hydrogen-bond acceptors (Lipinski definition) is 5. The maximum Gasteiger partial charge on any atom is 0.409 e. The number of rotatable bonds is 12. The molecule has 2 amide bonds. The summed E-state index contributed by atoms with van der Waals surface area (Å²) in [6.07, 6.45) is 2.09. The monoisotopic (exact) mass is 687 g/mol. The van der Waals surface area contributed by atoms with Crippen molar-refractivity contribution in [1.82, 2.24) is 25.6 Å². The van der Waals surface area contributed by atoms with Gasteiger partial charge in [-0.2, -0.15) is 0 Å². The molecule has 1 aliphatic carbocycles. The van der Waals surface area contributed by atoms with Gasteiger partial charge in [-0.25, -0.2) is 9.78 Å². The second-order valence-electron chi connectivity index (χ2n) is 12.8. The third kappa shape index (κ3) is 6.95. The highest BCUT2D eigenvalue weighted by molar-refractivity contribution is 5.86. The number of carbonyl (C=O) groups excluding carboxylic acids is 2. The summed E-state index contributed by atoms with van der Waals surface area (Å²) in [7, 11) is 0. The third-order valence-corrected chi connectivity index (χ3v) is 9.50. The van der Waals surface area contributed by atoms with Gasteiger partial charge >= 0.3 is 6.09 Å². The van der Waals surface area contributed by atoms with Crippen LogP contribution in [0, 0.1) is 0 Å². The topological polar surface area (TPSA) is 121 Å². The fourth-order valence-corrected chi connectivity index (χ4v) is 6.94. The number of nitrogens with zero attached hydrogens (tertiary/aromatic N) is 1. The molecule has 0 saturated heterocycles. The van der Waals surface area contributed by atoms with Crippen molar-refractivity contribution in [1.29, 1.82) is 0 Å². The van der Waals surface area contributed by atoms with E-state index in [0.29, 0.717) is 12.2 Å². The molecule has 9 nitrogen and oxygen atoms in total. The van der Waals surface area contributed by atoms with Gasteiger partial charge in [0.25, 0.3) is 5.91 Å². The lowest BCUT2D eigenvalue weighted by atomic mass is 9.98. The summed E-state index contributed by atoms with van der Waals surface area (Å²) in [4.78, 5) is 39.1. The zero-order valence-electron chi connectivity index (χ0n) is 28.3. The molecule has 8 rings (SSSR count). The predicted molar refractivity (Wildman–Crippen MR) is 200 cm³/mol. The number of amides is 2. The smallest absolute Gasteiger partial charge is 0.409 e. The van der Waals surface area contributed by atoms with Crippen LogP contribution in [0.2, 0.25) is 0 Å². The first kappa shape index (κ1) is 32.7. The normalized spacial score (nSPS) is 13.2. The number of hydrogen-bond donors (Lipinski definition) is 4. The second-order valence-corrected chi connectivity index (χ2v) is 12.8. The number of fused-ring (bicyclic) bond motifs is 4. The number of alkyl carbamates (subject to hydrolysis) is 1. The Hall–Kier alpha value is -6.45. The molecule has 258 valence electrons. The SMILES string of the molecule is O=C(NC(OCc1ccccc1)C(=O)N[C@H](Cc1c[nH]c2ccccc12)c1nc(-c2ccccc2)c[nH]1)OCC1c2ccccc2-c2ccccc21. The molecule has 1 unspecified atom stereocenters. The second kappa shape index (κ2) is 14.8. The van der Waals surface area contributed by atoms with Crippen LogP contribution in [0.15, 0.2) is 146 Å². The summed E-state index contributed by atoms with van der Waals surface area (Å²) >= 11 is 0. The highest BCUT2D eigenvalue weighted by Gasteiger charge is 2.31. The Bertz CT molecular complexity index is 2270. The first-order chi connectivity index (χ1) is 25.6.